The van der Waals surface area contributed by atoms with Crippen LogP contribution in [0.15, 0.2) is 0 Å². The number of nitrogens with two attached hydrogens (primary N) is 3. The lowest BCUT2D eigenvalue weighted by Gasteiger charge is -2.52. The van der Waals surface area contributed by atoms with Crippen molar-refractivity contribution in [1.82, 2.24) is 21.0 Å². The molecular weight excluding hydrogens is 602 g/mol. The Morgan fingerprint density at radius 3 is 2.40 bits per heavy atom. The van der Waals surface area contributed by atoms with Gasteiger partial charge in [0.2, 0.25) is 0 Å². The molecule has 2 saturated heterocycles. The Hall–Kier alpha value is -1.37. The van der Waals surface area contributed by atoms with Gasteiger partial charge in [-0.1, -0.05) is 0 Å². The molecule has 3 rings (SSSR count). The molecule has 0 aromatic carbocycles. The Bertz CT molecular complexity index is 928. The van der Waals surface area contributed by atoms with Gasteiger partial charge in [0, 0.05) is 31.6 Å². The predicted octanol–water partition coefficient (Wildman–Crippen LogP) is -6.99. The average Bonchev–Trinajstić information content (AvgIpc) is 2.97. The first-order chi connectivity index (χ1) is 21.2. The summed E-state index contributed by atoms with van der Waals surface area (Å²) in [6, 6.07) is -3.93. The number of aliphatic hydroxyl groups excluding tert-OH is 6. The molecule has 2 aliphatic heterocycles. The van der Waals surface area contributed by atoms with Crippen molar-refractivity contribution in [3.63, 3.8) is 0 Å². The van der Waals surface area contributed by atoms with Crippen LogP contribution in [0.5, 0.6) is 0 Å². The highest BCUT2D eigenvalue weighted by atomic mass is 16.7. The van der Waals surface area contributed by atoms with E-state index in [1.54, 1.807) is 0 Å². The molecule has 1 aliphatic carbocycles. The molecule has 1 saturated carbocycles. The van der Waals surface area contributed by atoms with Crippen LogP contribution in [-0.4, -0.2) is 183 Å². The van der Waals surface area contributed by atoms with Crippen molar-refractivity contribution in [1.29, 1.82) is 0 Å². The standard InChI is InChI=1S/C26H53N7O12/c1-26(41)10-43-24(20(39)23(26)30-2)45-21-13(32-25(40)33(42)6-5-28)7-12(29)15(17(21)36)22-19(38)18(37)16(35)14(44-22)9-31-8-11(34)3-4-27/h11-24,30-31,34-39,41-42H,3-10,27-29H2,1-2H3,(H,32,40)/t11?,12-,13+,14+,15?,16+,17-,18-,19+,20+,21-,22+,23+,24+,26-/m0/s1. The fourth-order valence-corrected chi connectivity index (χ4v) is 6.38. The Labute approximate surface area is 261 Å². The molecule has 2 heterocycles. The molecule has 3 aliphatic rings. The summed E-state index contributed by atoms with van der Waals surface area (Å²) in [6.45, 7) is 1.30. The number of nitrogens with zero attached hydrogens (tertiary/aromatic N) is 1. The summed E-state index contributed by atoms with van der Waals surface area (Å²) in [7, 11) is 1.53. The van der Waals surface area contributed by atoms with Crippen LogP contribution in [0.3, 0.4) is 0 Å². The topological polar surface area (TPSA) is 324 Å². The summed E-state index contributed by atoms with van der Waals surface area (Å²) >= 11 is 0. The van der Waals surface area contributed by atoms with Crippen LogP contribution in [0.2, 0.25) is 0 Å². The number of hydroxylamine groups is 2. The van der Waals surface area contributed by atoms with Gasteiger partial charge in [0.15, 0.2) is 6.29 Å². The number of carbonyl (C=O) groups is 1. The Kier molecular flexibility index (Phi) is 14.1. The maximum Gasteiger partial charge on any atom is 0.341 e. The van der Waals surface area contributed by atoms with Crippen molar-refractivity contribution in [2.24, 2.45) is 23.1 Å². The summed E-state index contributed by atoms with van der Waals surface area (Å²) in [4.78, 5) is 12.7. The number of amides is 2. The lowest BCUT2D eigenvalue weighted by atomic mass is 9.72. The van der Waals surface area contributed by atoms with Crippen LogP contribution in [-0.2, 0) is 14.2 Å². The molecular formula is C26H53N7O12. The van der Waals surface area contributed by atoms with Crippen LogP contribution >= 0.6 is 0 Å². The van der Waals surface area contributed by atoms with Crippen molar-refractivity contribution < 1.29 is 60.0 Å². The van der Waals surface area contributed by atoms with E-state index in [-0.39, 0.29) is 45.8 Å². The van der Waals surface area contributed by atoms with Gasteiger partial charge >= 0.3 is 6.03 Å². The van der Waals surface area contributed by atoms with Crippen LogP contribution in [0.25, 0.3) is 0 Å². The van der Waals surface area contributed by atoms with Gasteiger partial charge < -0.3 is 83.1 Å². The molecule has 0 aromatic rings. The normalized spacial score (nSPS) is 43.1. The maximum absolute atomic E-state index is 12.7. The number of urea groups is 1. The summed E-state index contributed by atoms with van der Waals surface area (Å²) in [5.74, 6) is -1.15. The zero-order valence-electron chi connectivity index (χ0n) is 25.6. The fourth-order valence-electron chi connectivity index (χ4n) is 6.38. The lowest BCUT2D eigenvalue weighted by molar-refractivity contribution is -0.303. The molecule has 264 valence electrons. The zero-order valence-corrected chi connectivity index (χ0v) is 25.6. The van der Waals surface area contributed by atoms with Crippen molar-refractivity contribution in [3.05, 3.63) is 0 Å². The summed E-state index contributed by atoms with van der Waals surface area (Å²) in [5, 5.41) is 94.3. The van der Waals surface area contributed by atoms with Crippen molar-refractivity contribution in [2.75, 3.05) is 46.4 Å². The van der Waals surface area contributed by atoms with Crippen LogP contribution in [0, 0.1) is 5.92 Å². The highest BCUT2D eigenvalue weighted by Gasteiger charge is 2.56. The lowest BCUT2D eigenvalue weighted by Crippen LogP contribution is -2.71. The third-order valence-electron chi connectivity index (χ3n) is 8.82. The number of carbonyl (C=O) groups excluding carboxylic acids is 1. The van der Waals surface area contributed by atoms with E-state index >= 15 is 0 Å². The van der Waals surface area contributed by atoms with E-state index in [9.17, 15) is 45.7 Å². The van der Waals surface area contributed by atoms with Gasteiger partial charge in [-0.15, -0.1) is 0 Å². The highest BCUT2D eigenvalue weighted by molar-refractivity contribution is 5.73. The van der Waals surface area contributed by atoms with E-state index in [1.807, 2.05) is 0 Å². The van der Waals surface area contributed by atoms with Gasteiger partial charge in [0.25, 0.3) is 0 Å². The van der Waals surface area contributed by atoms with Gasteiger partial charge in [-0.3, -0.25) is 5.21 Å². The average molecular weight is 656 g/mol. The van der Waals surface area contributed by atoms with E-state index < -0.39 is 96.9 Å². The van der Waals surface area contributed by atoms with E-state index in [0.29, 0.717) is 11.5 Å². The molecule has 3 fully saturated rings. The molecule has 0 radical (unpaired) electrons. The number of hydrogen-bond donors (Lipinski definition) is 14. The second-order valence-electron chi connectivity index (χ2n) is 12.3. The second-order valence-corrected chi connectivity index (χ2v) is 12.3. The molecule has 0 spiro atoms. The Morgan fingerprint density at radius 2 is 1.78 bits per heavy atom. The predicted molar refractivity (Wildman–Crippen MR) is 155 cm³/mol. The minimum absolute atomic E-state index is 0.0410. The summed E-state index contributed by atoms with van der Waals surface area (Å²) < 4.78 is 17.7. The Morgan fingerprint density at radius 1 is 1.09 bits per heavy atom. The number of ether oxygens (including phenoxy) is 3. The third kappa shape index (κ3) is 8.96. The monoisotopic (exact) mass is 655 g/mol. The number of hydrogen-bond acceptors (Lipinski definition) is 17. The molecule has 19 nitrogen and oxygen atoms in total. The number of nitrogens with one attached hydrogen (secondary N) is 3. The molecule has 45 heavy (non-hydrogen) atoms. The van der Waals surface area contributed by atoms with Gasteiger partial charge in [0.1, 0.15) is 36.1 Å². The van der Waals surface area contributed by atoms with Crippen LogP contribution in [0.1, 0.15) is 19.8 Å². The van der Waals surface area contributed by atoms with E-state index in [0.717, 1.165) is 0 Å². The van der Waals surface area contributed by atoms with Crippen molar-refractivity contribution in [3.8, 4) is 0 Å². The maximum atomic E-state index is 12.7. The Balaban J connectivity index is 1.86. The largest absolute Gasteiger partial charge is 0.392 e. The van der Waals surface area contributed by atoms with E-state index in [4.69, 9.17) is 31.4 Å². The molecule has 19 heteroatoms. The van der Waals surface area contributed by atoms with E-state index in [1.165, 1.54) is 14.0 Å². The minimum atomic E-state index is -1.70. The SMILES string of the molecule is CN[C@@H]1[C@@H](O)[C@@H](O[C@H]2[C@H](NC(=O)N(O)CCN)C[C@H](N)C([C@H]3O[C@H](CNCC(O)CCN)[C@@H](O)[C@H](O)[C@H]3O)[C@@H]2O)OC[C@]1(C)O. The molecule has 2 unspecified atom stereocenters. The van der Waals surface area contributed by atoms with Crippen LogP contribution < -0.4 is 33.2 Å². The molecule has 0 bridgehead atoms. The summed E-state index contributed by atoms with van der Waals surface area (Å²) in [6.07, 6.45) is -13.7. The first kappa shape index (κ1) is 38.1. The van der Waals surface area contributed by atoms with Gasteiger partial charge in [-0.25, -0.2) is 9.86 Å². The highest BCUT2D eigenvalue weighted by Crippen LogP contribution is 2.37. The molecule has 15 atom stereocenters. The van der Waals surface area contributed by atoms with E-state index in [2.05, 4.69) is 16.0 Å². The minimum Gasteiger partial charge on any atom is -0.392 e. The first-order valence-electron chi connectivity index (χ1n) is 15.2. The van der Waals surface area contributed by atoms with Gasteiger partial charge in [0.05, 0.1) is 49.7 Å². The smallest absolute Gasteiger partial charge is 0.341 e. The zero-order chi connectivity index (χ0) is 33.6. The molecule has 2 amide bonds. The van der Waals surface area contributed by atoms with Gasteiger partial charge in [-0.05, 0) is 33.4 Å². The number of aliphatic hydroxyl groups is 7. The fraction of sp³-hybridized carbons (Fsp3) is 0.962. The van der Waals surface area contributed by atoms with Gasteiger partial charge in [-0.2, -0.15) is 0 Å². The molecule has 17 N–H and O–H groups in total. The summed E-state index contributed by atoms with van der Waals surface area (Å²) in [5.41, 5.74) is 15.9. The second kappa shape index (κ2) is 16.6. The quantitative estimate of drug-likeness (QED) is 0.0647. The number of rotatable bonds is 13. The molecule has 0 aromatic heterocycles. The first-order valence-corrected chi connectivity index (χ1v) is 15.2. The van der Waals surface area contributed by atoms with Crippen LogP contribution in [0.4, 0.5) is 4.79 Å². The number of likely N-dealkylation sites (N-methyl/N-ethyl adjacent to an activating group) is 1. The third-order valence-corrected chi connectivity index (χ3v) is 8.82. The van der Waals surface area contributed by atoms with Crippen molar-refractivity contribution >= 4 is 6.03 Å². The van der Waals surface area contributed by atoms with Crippen molar-refractivity contribution in [2.45, 2.75) is 105 Å².